The fourth-order valence-electron chi connectivity index (χ4n) is 2.04. The molecule has 0 aliphatic rings. The van der Waals surface area contributed by atoms with Crippen molar-refractivity contribution in [3.05, 3.63) is 58.3 Å². The highest BCUT2D eigenvalue weighted by atomic mass is 32.1. The monoisotopic (exact) mass is 275 g/mol. The Labute approximate surface area is 119 Å². The van der Waals surface area contributed by atoms with Crippen LogP contribution in [0.25, 0.3) is 0 Å². The minimum absolute atomic E-state index is 0.320. The van der Waals surface area contributed by atoms with E-state index in [2.05, 4.69) is 36.2 Å². The third-order valence-electron chi connectivity index (χ3n) is 3.28. The van der Waals surface area contributed by atoms with Gasteiger partial charge in [0.1, 0.15) is 0 Å². The maximum absolute atomic E-state index is 10.0. The van der Waals surface area contributed by atoms with Gasteiger partial charge in [0.25, 0.3) is 0 Å². The van der Waals surface area contributed by atoms with Crippen molar-refractivity contribution in [3.63, 3.8) is 0 Å². The van der Waals surface area contributed by atoms with Crippen LogP contribution in [0.5, 0.6) is 0 Å². The molecule has 0 aliphatic carbocycles. The maximum Gasteiger partial charge on any atom is 0.0894 e. The average Bonchev–Trinajstić information content (AvgIpc) is 2.98. The predicted molar refractivity (Wildman–Crippen MR) is 81.5 cm³/mol. The molecule has 1 aromatic heterocycles. The molecule has 2 rings (SSSR count). The lowest BCUT2D eigenvalue weighted by Crippen LogP contribution is -2.23. The third kappa shape index (κ3) is 4.78. The van der Waals surface area contributed by atoms with E-state index in [-0.39, 0.29) is 6.10 Å². The predicted octanol–water partition coefficient (Wildman–Crippen LogP) is 3.35. The molecule has 0 aliphatic heterocycles. The van der Waals surface area contributed by atoms with E-state index in [0.29, 0.717) is 0 Å². The van der Waals surface area contributed by atoms with Gasteiger partial charge in [0, 0.05) is 18.0 Å². The standard InChI is InChI=1S/C16H21NOS/c1-17(11-9-14-6-3-2-4-7-14)12-10-15(18)16-8-5-13-19-16/h2-8,13,15,18H,9-12H2,1H3. The number of rotatable bonds is 7. The highest BCUT2D eigenvalue weighted by Crippen LogP contribution is 2.21. The molecule has 0 saturated carbocycles. The Morgan fingerprint density at radius 3 is 2.58 bits per heavy atom. The Bertz CT molecular complexity index is 455. The van der Waals surface area contributed by atoms with E-state index in [1.807, 2.05) is 23.6 Å². The quantitative estimate of drug-likeness (QED) is 0.837. The fraction of sp³-hybridized carbons (Fsp3) is 0.375. The van der Waals surface area contributed by atoms with Gasteiger partial charge in [-0.25, -0.2) is 0 Å². The van der Waals surface area contributed by atoms with Crippen LogP contribution in [0.3, 0.4) is 0 Å². The summed E-state index contributed by atoms with van der Waals surface area (Å²) >= 11 is 1.62. The number of benzene rings is 1. The average molecular weight is 275 g/mol. The van der Waals surface area contributed by atoms with Crippen molar-refractivity contribution in [1.82, 2.24) is 4.90 Å². The second-order valence-corrected chi connectivity index (χ2v) is 5.84. The third-order valence-corrected chi connectivity index (χ3v) is 4.25. The number of aliphatic hydroxyl groups is 1. The van der Waals surface area contributed by atoms with Gasteiger partial charge in [0.05, 0.1) is 6.10 Å². The molecule has 2 aromatic rings. The van der Waals surface area contributed by atoms with Crippen LogP contribution < -0.4 is 0 Å². The minimum atomic E-state index is -0.320. The number of hydrogen-bond donors (Lipinski definition) is 1. The molecule has 0 spiro atoms. The number of aliphatic hydroxyl groups excluding tert-OH is 1. The molecule has 0 bridgehead atoms. The van der Waals surface area contributed by atoms with Gasteiger partial charge in [-0.3, -0.25) is 0 Å². The summed E-state index contributed by atoms with van der Waals surface area (Å²) in [5, 5.41) is 12.0. The minimum Gasteiger partial charge on any atom is -0.388 e. The molecule has 1 N–H and O–H groups in total. The van der Waals surface area contributed by atoms with E-state index in [4.69, 9.17) is 0 Å². The van der Waals surface area contributed by atoms with E-state index in [0.717, 1.165) is 30.8 Å². The summed E-state index contributed by atoms with van der Waals surface area (Å²) in [5.41, 5.74) is 1.37. The second-order valence-electron chi connectivity index (χ2n) is 4.86. The van der Waals surface area contributed by atoms with Gasteiger partial charge >= 0.3 is 0 Å². The van der Waals surface area contributed by atoms with Crippen LogP contribution in [-0.4, -0.2) is 30.1 Å². The van der Waals surface area contributed by atoms with Crippen molar-refractivity contribution in [2.24, 2.45) is 0 Å². The summed E-state index contributed by atoms with van der Waals surface area (Å²) < 4.78 is 0. The number of hydrogen-bond acceptors (Lipinski definition) is 3. The number of nitrogens with zero attached hydrogens (tertiary/aromatic N) is 1. The van der Waals surface area contributed by atoms with Crippen LogP contribution in [0.4, 0.5) is 0 Å². The Morgan fingerprint density at radius 1 is 1.11 bits per heavy atom. The lowest BCUT2D eigenvalue weighted by atomic mass is 10.1. The van der Waals surface area contributed by atoms with E-state index in [9.17, 15) is 5.11 Å². The lowest BCUT2D eigenvalue weighted by Gasteiger charge is -2.18. The lowest BCUT2D eigenvalue weighted by molar-refractivity contribution is 0.152. The van der Waals surface area contributed by atoms with Gasteiger partial charge in [-0.15, -0.1) is 11.3 Å². The fourth-order valence-corrected chi connectivity index (χ4v) is 2.79. The molecule has 0 saturated heterocycles. The SMILES string of the molecule is CN(CCc1ccccc1)CCC(O)c1cccs1. The Hall–Kier alpha value is -1.16. The maximum atomic E-state index is 10.0. The summed E-state index contributed by atoms with van der Waals surface area (Å²) in [5.74, 6) is 0. The van der Waals surface area contributed by atoms with Crippen molar-refractivity contribution in [2.45, 2.75) is 18.9 Å². The molecular weight excluding hydrogens is 254 g/mol. The molecular formula is C16H21NOS. The van der Waals surface area contributed by atoms with Crippen molar-refractivity contribution >= 4 is 11.3 Å². The van der Waals surface area contributed by atoms with Crippen LogP contribution in [0.1, 0.15) is 23.0 Å². The Kier molecular flexibility index (Phi) is 5.58. The summed E-state index contributed by atoms with van der Waals surface area (Å²) in [6.07, 6.45) is 1.54. The van der Waals surface area contributed by atoms with Gasteiger partial charge < -0.3 is 10.0 Å². The van der Waals surface area contributed by atoms with Crippen LogP contribution in [0.2, 0.25) is 0 Å². The molecule has 19 heavy (non-hydrogen) atoms. The molecule has 0 radical (unpaired) electrons. The molecule has 1 atom stereocenters. The van der Waals surface area contributed by atoms with E-state index >= 15 is 0 Å². The molecule has 0 fully saturated rings. The molecule has 1 aromatic carbocycles. The van der Waals surface area contributed by atoms with Gasteiger partial charge in [0.15, 0.2) is 0 Å². The van der Waals surface area contributed by atoms with E-state index in [1.54, 1.807) is 11.3 Å². The van der Waals surface area contributed by atoms with Crippen molar-refractivity contribution in [1.29, 1.82) is 0 Å². The Morgan fingerprint density at radius 2 is 1.89 bits per heavy atom. The van der Waals surface area contributed by atoms with Gasteiger partial charge in [-0.2, -0.15) is 0 Å². The zero-order chi connectivity index (χ0) is 13.5. The number of thiophene rings is 1. The molecule has 3 heteroatoms. The Balaban J connectivity index is 1.69. The zero-order valence-electron chi connectivity index (χ0n) is 11.3. The first-order valence-corrected chi connectivity index (χ1v) is 7.57. The molecule has 2 nitrogen and oxygen atoms in total. The summed E-state index contributed by atoms with van der Waals surface area (Å²) in [6, 6.07) is 14.5. The van der Waals surface area contributed by atoms with Crippen LogP contribution in [0, 0.1) is 0 Å². The summed E-state index contributed by atoms with van der Waals surface area (Å²) in [7, 11) is 2.12. The topological polar surface area (TPSA) is 23.5 Å². The molecule has 1 heterocycles. The van der Waals surface area contributed by atoms with Crippen molar-refractivity contribution in [3.8, 4) is 0 Å². The van der Waals surface area contributed by atoms with Crippen LogP contribution in [0.15, 0.2) is 47.8 Å². The van der Waals surface area contributed by atoms with Gasteiger partial charge in [-0.1, -0.05) is 36.4 Å². The largest absolute Gasteiger partial charge is 0.388 e. The van der Waals surface area contributed by atoms with Gasteiger partial charge in [0.2, 0.25) is 0 Å². The molecule has 0 amide bonds. The second kappa shape index (κ2) is 7.43. The highest BCUT2D eigenvalue weighted by molar-refractivity contribution is 7.10. The molecule has 102 valence electrons. The zero-order valence-corrected chi connectivity index (χ0v) is 12.1. The number of likely N-dealkylation sites (N-methyl/N-ethyl adjacent to an activating group) is 1. The first kappa shape index (κ1) is 14.3. The highest BCUT2D eigenvalue weighted by Gasteiger charge is 2.09. The van der Waals surface area contributed by atoms with E-state index in [1.165, 1.54) is 5.56 Å². The van der Waals surface area contributed by atoms with Crippen molar-refractivity contribution < 1.29 is 5.11 Å². The molecule has 1 unspecified atom stereocenters. The first-order chi connectivity index (χ1) is 9.25. The van der Waals surface area contributed by atoms with E-state index < -0.39 is 0 Å². The van der Waals surface area contributed by atoms with Gasteiger partial charge in [-0.05, 0) is 36.9 Å². The van der Waals surface area contributed by atoms with Crippen LogP contribution in [-0.2, 0) is 6.42 Å². The normalized spacial score (nSPS) is 12.8. The smallest absolute Gasteiger partial charge is 0.0894 e. The van der Waals surface area contributed by atoms with Crippen LogP contribution >= 0.6 is 11.3 Å². The van der Waals surface area contributed by atoms with Crippen molar-refractivity contribution in [2.75, 3.05) is 20.1 Å². The first-order valence-electron chi connectivity index (χ1n) is 6.69. The summed E-state index contributed by atoms with van der Waals surface area (Å²) in [4.78, 5) is 3.35. The summed E-state index contributed by atoms with van der Waals surface area (Å²) in [6.45, 7) is 1.95.